The van der Waals surface area contributed by atoms with Crippen molar-refractivity contribution in [1.29, 1.82) is 0 Å². The summed E-state index contributed by atoms with van der Waals surface area (Å²) in [6.07, 6.45) is 4.08. The van der Waals surface area contributed by atoms with Gasteiger partial charge in [-0.15, -0.1) is 0 Å². The van der Waals surface area contributed by atoms with Gasteiger partial charge in [0.15, 0.2) is 0 Å². The van der Waals surface area contributed by atoms with E-state index >= 15 is 0 Å². The Bertz CT molecular complexity index is 333. The lowest BCUT2D eigenvalue weighted by Crippen LogP contribution is -2.51. The van der Waals surface area contributed by atoms with E-state index in [0.717, 1.165) is 12.8 Å². The van der Waals surface area contributed by atoms with E-state index in [1.807, 2.05) is 6.08 Å². The first-order valence-electron chi connectivity index (χ1n) is 5.17. The number of ether oxygens (including phenoxy) is 2. The van der Waals surface area contributed by atoms with Crippen LogP contribution in [-0.4, -0.2) is 17.0 Å². The van der Waals surface area contributed by atoms with Crippen LogP contribution >= 0.6 is 0 Å². The lowest BCUT2D eigenvalue weighted by Gasteiger charge is -2.44. The lowest BCUT2D eigenvalue weighted by molar-refractivity contribution is -0.255. The van der Waals surface area contributed by atoms with Crippen molar-refractivity contribution in [2.24, 2.45) is 10.8 Å². The van der Waals surface area contributed by atoms with Gasteiger partial charge < -0.3 is 14.6 Å². The third kappa shape index (κ3) is 0.670. The van der Waals surface area contributed by atoms with Crippen molar-refractivity contribution in [3.63, 3.8) is 0 Å². The monoisotopic (exact) mass is 196 g/mol. The Kier molecular flexibility index (Phi) is 1.20. The van der Waals surface area contributed by atoms with Gasteiger partial charge in [0.05, 0.1) is 11.5 Å². The van der Waals surface area contributed by atoms with E-state index in [2.05, 4.69) is 20.8 Å². The van der Waals surface area contributed by atoms with Crippen LogP contribution in [0.1, 0.15) is 33.6 Å². The minimum absolute atomic E-state index is 0.0222. The summed E-state index contributed by atoms with van der Waals surface area (Å²) in [5.41, 5.74) is -0.171. The summed E-state index contributed by atoms with van der Waals surface area (Å²) >= 11 is 0. The molecule has 2 bridgehead atoms. The van der Waals surface area contributed by atoms with Crippen molar-refractivity contribution in [2.75, 3.05) is 0 Å². The van der Waals surface area contributed by atoms with E-state index in [1.165, 1.54) is 0 Å². The first-order chi connectivity index (χ1) is 6.39. The van der Waals surface area contributed by atoms with Crippen LogP contribution in [0.3, 0.4) is 0 Å². The second-order valence-corrected chi connectivity index (χ2v) is 5.65. The SMILES string of the molecule is CC1(C)CC2CC3(C)C=C(O)OC13O2. The highest BCUT2D eigenvalue weighted by Crippen LogP contribution is 2.67. The minimum atomic E-state index is -0.616. The number of hydrogen-bond acceptors (Lipinski definition) is 3. The minimum Gasteiger partial charge on any atom is -0.481 e. The first kappa shape index (κ1) is 8.60. The van der Waals surface area contributed by atoms with Gasteiger partial charge in [0.25, 0.3) is 5.95 Å². The molecule has 3 rings (SSSR count). The van der Waals surface area contributed by atoms with E-state index in [1.54, 1.807) is 0 Å². The van der Waals surface area contributed by atoms with Gasteiger partial charge >= 0.3 is 0 Å². The molecule has 78 valence electrons. The molecule has 0 saturated carbocycles. The third-order valence-electron chi connectivity index (χ3n) is 4.06. The molecule has 3 atom stereocenters. The van der Waals surface area contributed by atoms with Crippen LogP contribution in [-0.2, 0) is 9.47 Å². The van der Waals surface area contributed by atoms with Crippen LogP contribution < -0.4 is 0 Å². The summed E-state index contributed by atoms with van der Waals surface area (Å²) in [5.74, 6) is -0.588. The summed E-state index contributed by atoms with van der Waals surface area (Å²) < 4.78 is 11.5. The number of hydrogen-bond donors (Lipinski definition) is 1. The average molecular weight is 196 g/mol. The molecular formula is C11H16O3. The third-order valence-corrected chi connectivity index (χ3v) is 4.06. The van der Waals surface area contributed by atoms with Gasteiger partial charge in [-0.25, -0.2) is 0 Å². The Morgan fingerprint density at radius 1 is 1.36 bits per heavy atom. The Morgan fingerprint density at radius 3 is 2.64 bits per heavy atom. The normalized spacial score (nSPS) is 52.8. The summed E-state index contributed by atoms with van der Waals surface area (Å²) in [6, 6.07) is 0. The lowest BCUT2D eigenvalue weighted by atomic mass is 9.62. The van der Waals surface area contributed by atoms with Crippen LogP contribution in [0.15, 0.2) is 12.0 Å². The Morgan fingerprint density at radius 2 is 2.07 bits per heavy atom. The smallest absolute Gasteiger partial charge is 0.275 e. The molecule has 2 saturated heterocycles. The number of rotatable bonds is 0. The van der Waals surface area contributed by atoms with Gasteiger partial charge in [-0.1, -0.05) is 13.8 Å². The highest BCUT2D eigenvalue weighted by Gasteiger charge is 2.73. The summed E-state index contributed by atoms with van der Waals surface area (Å²) in [5, 5.41) is 9.51. The van der Waals surface area contributed by atoms with E-state index in [4.69, 9.17) is 9.47 Å². The second kappa shape index (κ2) is 1.96. The van der Waals surface area contributed by atoms with Crippen molar-refractivity contribution in [3.05, 3.63) is 12.0 Å². The molecule has 0 aromatic heterocycles. The maximum atomic E-state index is 9.51. The number of fused-ring (bicyclic) bond motifs is 1. The van der Waals surface area contributed by atoms with Crippen molar-refractivity contribution < 1.29 is 14.6 Å². The fourth-order valence-electron chi connectivity index (χ4n) is 3.65. The molecule has 0 amide bonds. The van der Waals surface area contributed by atoms with E-state index in [-0.39, 0.29) is 16.8 Å². The second-order valence-electron chi connectivity index (χ2n) is 5.65. The van der Waals surface area contributed by atoms with Crippen LogP contribution in [0.4, 0.5) is 0 Å². The van der Waals surface area contributed by atoms with Crippen LogP contribution in [0, 0.1) is 10.8 Å². The summed E-state index contributed by atoms with van der Waals surface area (Å²) in [4.78, 5) is 0. The Hall–Kier alpha value is -0.700. The van der Waals surface area contributed by atoms with Crippen LogP contribution in [0.2, 0.25) is 0 Å². The van der Waals surface area contributed by atoms with E-state index in [9.17, 15) is 5.11 Å². The van der Waals surface area contributed by atoms with Gasteiger partial charge in [0, 0.05) is 11.5 Å². The van der Waals surface area contributed by atoms with Gasteiger partial charge in [-0.3, -0.25) is 0 Å². The summed E-state index contributed by atoms with van der Waals surface area (Å²) in [6.45, 7) is 6.41. The standard InChI is InChI=1S/C11H16O3/c1-9(2)4-7-5-10(3)6-8(12)14-11(9,10)13-7/h6-7,12H,4-5H2,1-3H3. The fraction of sp³-hybridized carbons (Fsp3) is 0.818. The van der Waals surface area contributed by atoms with Crippen LogP contribution in [0.25, 0.3) is 0 Å². The maximum Gasteiger partial charge on any atom is 0.275 e. The first-order valence-corrected chi connectivity index (χ1v) is 5.17. The van der Waals surface area contributed by atoms with Gasteiger partial charge in [0.2, 0.25) is 5.79 Å². The van der Waals surface area contributed by atoms with Crippen molar-refractivity contribution >= 4 is 0 Å². The van der Waals surface area contributed by atoms with Gasteiger partial charge in [0.1, 0.15) is 0 Å². The summed E-state index contributed by atoms with van der Waals surface area (Å²) in [7, 11) is 0. The molecule has 3 aliphatic heterocycles. The molecule has 0 radical (unpaired) electrons. The predicted octanol–water partition coefficient (Wildman–Crippen LogP) is 2.34. The Labute approximate surface area is 83.7 Å². The molecule has 3 nitrogen and oxygen atoms in total. The molecule has 0 aromatic rings. The fourth-order valence-corrected chi connectivity index (χ4v) is 3.65. The topological polar surface area (TPSA) is 38.7 Å². The molecular weight excluding hydrogens is 180 g/mol. The molecule has 2 fully saturated rings. The molecule has 3 heterocycles. The predicted molar refractivity (Wildman–Crippen MR) is 50.5 cm³/mol. The van der Waals surface area contributed by atoms with E-state index < -0.39 is 5.79 Å². The molecule has 14 heavy (non-hydrogen) atoms. The largest absolute Gasteiger partial charge is 0.481 e. The van der Waals surface area contributed by atoms with Gasteiger partial charge in [-0.2, -0.15) is 0 Å². The van der Waals surface area contributed by atoms with Crippen molar-refractivity contribution in [2.45, 2.75) is 45.5 Å². The number of aliphatic hydroxyl groups excluding tert-OH is 1. The van der Waals surface area contributed by atoms with Gasteiger partial charge in [-0.05, 0) is 19.8 Å². The molecule has 1 spiro atoms. The highest BCUT2D eigenvalue weighted by atomic mass is 16.8. The molecule has 3 heteroatoms. The van der Waals surface area contributed by atoms with Crippen molar-refractivity contribution in [1.82, 2.24) is 0 Å². The Balaban J connectivity index is 2.14. The van der Waals surface area contributed by atoms with Crippen LogP contribution in [0.5, 0.6) is 0 Å². The molecule has 3 aliphatic rings. The molecule has 0 aliphatic carbocycles. The van der Waals surface area contributed by atoms with E-state index in [0.29, 0.717) is 6.10 Å². The molecule has 3 unspecified atom stereocenters. The zero-order chi connectivity index (χ0) is 10.2. The maximum absolute atomic E-state index is 9.51. The highest BCUT2D eigenvalue weighted by molar-refractivity contribution is 5.24. The zero-order valence-corrected chi connectivity index (χ0v) is 8.83. The van der Waals surface area contributed by atoms with Crippen molar-refractivity contribution in [3.8, 4) is 0 Å². The number of aliphatic hydroxyl groups is 1. The zero-order valence-electron chi connectivity index (χ0n) is 8.83. The average Bonchev–Trinajstić information content (AvgIpc) is 2.41. The molecule has 1 N–H and O–H groups in total. The quantitative estimate of drug-likeness (QED) is 0.646. The molecule has 0 aromatic carbocycles.